The predicted molar refractivity (Wildman–Crippen MR) is 116 cm³/mol. The third kappa shape index (κ3) is 4.51. The quantitative estimate of drug-likeness (QED) is 0.519. The molecule has 0 bridgehead atoms. The van der Waals surface area contributed by atoms with E-state index in [1.807, 2.05) is 13.8 Å². The van der Waals surface area contributed by atoms with Gasteiger partial charge in [-0.15, -0.1) is 6.58 Å². The molecule has 0 amide bonds. The number of hydrogen-bond donors (Lipinski definition) is 3. The lowest BCUT2D eigenvalue weighted by atomic mass is 9.85. The van der Waals surface area contributed by atoms with Crippen molar-refractivity contribution in [1.82, 2.24) is 0 Å². The molecule has 0 aromatic heterocycles. The summed E-state index contributed by atoms with van der Waals surface area (Å²) < 4.78 is 6.16. The molecule has 0 saturated carbocycles. The smallest absolute Gasteiger partial charge is 0.174 e. The normalized spacial score (nSPS) is 16.5. The Morgan fingerprint density at radius 3 is 2.40 bits per heavy atom. The summed E-state index contributed by atoms with van der Waals surface area (Å²) in [5.41, 5.74) is 3.37. The fraction of sp³-hybridized carbons (Fsp3) is 0.320. The van der Waals surface area contributed by atoms with E-state index in [2.05, 4.69) is 13.2 Å². The molecule has 0 fully saturated rings. The van der Waals surface area contributed by atoms with Crippen LogP contribution in [0.4, 0.5) is 0 Å². The lowest BCUT2D eigenvalue weighted by Gasteiger charge is -2.29. The number of carbonyl (C=O) groups excluding carboxylic acids is 1. The van der Waals surface area contributed by atoms with Crippen molar-refractivity contribution in [2.45, 2.75) is 45.6 Å². The van der Waals surface area contributed by atoms with Crippen LogP contribution in [0.25, 0.3) is 0 Å². The van der Waals surface area contributed by atoms with Gasteiger partial charge in [-0.05, 0) is 56.7 Å². The first-order valence-corrected chi connectivity index (χ1v) is 10.0. The maximum absolute atomic E-state index is 12.9. The average molecular weight is 408 g/mol. The Hall–Kier alpha value is -3.21. The zero-order chi connectivity index (χ0) is 22.0. The monoisotopic (exact) mass is 408 g/mol. The number of rotatable bonds is 7. The molecule has 5 nitrogen and oxygen atoms in total. The molecule has 5 heteroatoms. The van der Waals surface area contributed by atoms with E-state index in [-0.39, 0.29) is 46.7 Å². The van der Waals surface area contributed by atoms with Gasteiger partial charge in [0.2, 0.25) is 0 Å². The molecule has 30 heavy (non-hydrogen) atoms. The molecule has 0 radical (unpaired) electrons. The molecule has 2 aromatic rings. The van der Waals surface area contributed by atoms with Gasteiger partial charge in [0.1, 0.15) is 34.7 Å². The zero-order valence-electron chi connectivity index (χ0n) is 17.4. The fourth-order valence-corrected chi connectivity index (χ4v) is 3.79. The van der Waals surface area contributed by atoms with Gasteiger partial charge in [0, 0.05) is 11.6 Å². The molecule has 3 rings (SSSR count). The number of Topliss-reactive ketones (excluding diaryl/α,β-unsaturated/α-hetero) is 1. The fourth-order valence-electron chi connectivity index (χ4n) is 3.79. The van der Waals surface area contributed by atoms with Gasteiger partial charge in [0.25, 0.3) is 0 Å². The molecule has 1 aliphatic rings. The number of phenolic OH excluding ortho intramolecular Hbond substituents is 3. The summed E-state index contributed by atoms with van der Waals surface area (Å²) in [6.45, 7) is 12.0. The second kappa shape index (κ2) is 8.66. The van der Waals surface area contributed by atoms with Crippen molar-refractivity contribution in [2.75, 3.05) is 0 Å². The molecule has 0 spiro atoms. The maximum Gasteiger partial charge on any atom is 0.174 e. The standard InChI is InChI=1S/C25H28O5/c1-14(2)5-6-17(15(3)4)11-19-20(27)12-21(28)24-22(29)13-23(30-25(19)24)16-7-9-18(26)10-8-16/h7-10,12,17,23,26-28H,1,3,5-6,11,13H2,2,4H3/t17-,23+/m1/s1. The number of hydrogen-bond acceptors (Lipinski definition) is 5. The maximum atomic E-state index is 12.9. The minimum atomic E-state index is -0.566. The minimum absolute atomic E-state index is 0.0639. The summed E-state index contributed by atoms with van der Waals surface area (Å²) in [6, 6.07) is 7.68. The van der Waals surface area contributed by atoms with Gasteiger partial charge in [-0.1, -0.05) is 29.9 Å². The second-order valence-electron chi connectivity index (χ2n) is 8.17. The SMILES string of the molecule is C=C(C)CC[C@H](Cc1c(O)cc(O)c2c1O[C@H](c1ccc(O)cc1)CC2=O)C(=C)C. The lowest BCUT2D eigenvalue weighted by molar-refractivity contribution is 0.0841. The predicted octanol–water partition coefficient (Wildman–Crippen LogP) is 5.60. The molecular weight excluding hydrogens is 380 g/mol. The van der Waals surface area contributed by atoms with Crippen LogP contribution in [0.15, 0.2) is 54.6 Å². The summed E-state index contributed by atoms with van der Waals surface area (Å²) in [6.07, 6.45) is 1.58. The molecular formula is C25H28O5. The highest BCUT2D eigenvalue weighted by Crippen LogP contribution is 2.46. The van der Waals surface area contributed by atoms with E-state index in [1.165, 1.54) is 18.2 Å². The number of fused-ring (bicyclic) bond motifs is 1. The van der Waals surface area contributed by atoms with Gasteiger partial charge < -0.3 is 20.1 Å². The van der Waals surface area contributed by atoms with E-state index in [4.69, 9.17) is 4.74 Å². The first kappa shape index (κ1) is 21.5. The molecule has 2 aromatic carbocycles. The van der Waals surface area contributed by atoms with Crippen LogP contribution in [0.5, 0.6) is 23.0 Å². The highest BCUT2D eigenvalue weighted by atomic mass is 16.5. The number of allylic oxidation sites excluding steroid dienone is 2. The molecule has 3 N–H and O–H groups in total. The molecule has 1 heterocycles. The number of carbonyl (C=O) groups is 1. The summed E-state index contributed by atoms with van der Waals surface area (Å²) in [7, 11) is 0. The number of ketones is 1. The van der Waals surface area contributed by atoms with Crippen molar-refractivity contribution in [2.24, 2.45) is 5.92 Å². The third-order valence-corrected chi connectivity index (χ3v) is 5.58. The first-order valence-electron chi connectivity index (χ1n) is 10.0. The van der Waals surface area contributed by atoms with Gasteiger partial charge in [-0.25, -0.2) is 0 Å². The van der Waals surface area contributed by atoms with Crippen molar-refractivity contribution in [3.8, 4) is 23.0 Å². The second-order valence-corrected chi connectivity index (χ2v) is 8.17. The zero-order valence-corrected chi connectivity index (χ0v) is 17.4. The molecule has 158 valence electrons. The van der Waals surface area contributed by atoms with E-state index >= 15 is 0 Å². The van der Waals surface area contributed by atoms with Crippen LogP contribution in [0, 0.1) is 5.92 Å². The van der Waals surface area contributed by atoms with E-state index in [0.717, 1.165) is 29.6 Å². The van der Waals surface area contributed by atoms with E-state index in [0.29, 0.717) is 12.0 Å². The minimum Gasteiger partial charge on any atom is -0.508 e. The van der Waals surface area contributed by atoms with Crippen LogP contribution >= 0.6 is 0 Å². The Morgan fingerprint density at radius 2 is 1.80 bits per heavy atom. The highest BCUT2D eigenvalue weighted by Gasteiger charge is 2.34. The Balaban J connectivity index is 2.00. The Bertz CT molecular complexity index is 988. The number of aromatic hydroxyl groups is 3. The first-order chi connectivity index (χ1) is 14.2. The summed E-state index contributed by atoms with van der Waals surface area (Å²) >= 11 is 0. The van der Waals surface area contributed by atoms with Crippen molar-refractivity contribution in [3.63, 3.8) is 0 Å². The summed E-state index contributed by atoms with van der Waals surface area (Å²) in [5.74, 6) is -0.223. The van der Waals surface area contributed by atoms with Crippen molar-refractivity contribution < 1.29 is 24.9 Å². The average Bonchev–Trinajstić information content (AvgIpc) is 2.66. The Kier molecular flexibility index (Phi) is 6.20. The van der Waals surface area contributed by atoms with E-state index in [1.54, 1.807) is 12.1 Å². The topological polar surface area (TPSA) is 87.0 Å². The number of phenols is 3. The highest BCUT2D eigenvalue weighted by molar-refractivity contribution is 6.03. The molecule has 0 aliphatic carbocycles. The molecule has 1 aliphatic heterocycles. The molecule has 0 saturated heterocycles. The summed E-state index contributed by atoms with van der Waals surface area (Å²) in [5, 5.41) is 30.5. The van der Waals surface area contributed by atoms with Crippen LogP contribution in [0.1, 0.15) is 60.7 Å². The Labute approximate surface area is 177 Å². The van der Waals surface area contributed by atoms with E-state index in [9.17, 15) is 20.1 Å². The van der Waals surface area contributed by atoms with Crippen LogP contribution < -0.4 is 4.74 Å². The molecule has 2 atom stereocenters. The van der Waals surface area contributed by atoms with Crippen LogP contribution in [-0.2, 0) is 6.42 Å². The third-order valence-electron chi connectivity index (χ3n) is 5.58. The van der Waals surface area contributed by atoms with Gasteiger partial charge in [0.15, 0.2) is 5.78 Å². The Morgan fingerprint density at radius 1 is 1.13 bits per heavy atom. The van der Waals surface area contributed by atoms with Crippen LogP contribution in [-0.4, -0.2) is 21.1 Å². The van der Waals surface area contributed by atoms with Crippen LogP contribution in [0.3, 0.4) is 0 Å². The van der Waals surface area contributed by atoms with Crippen molar-refractivity contribution >= 4 is 5.78 Å². The van der Waals surface area contributed by atoms with Gasteiger partial charge in [0.05, 0.1) is 6.42 Å². The van der Waals surface area contributed by atoms with Gasteiger partial charge in [-0.3, -0.25) is 4.79 Å². The van der Waals surface area contributed by atoms with Gasteiger partial charge >= 0.3 is 0 Å². The van der Waals surface area contributed by atoms with Crippen LogP contribution in [0.2, 0.25) is 0 Å². The number of benzene rings is 2. The van der Waals surface area contributed by atoms with Crippen molar-refractivity contribution in [3.05, 3.63) is 71.3 Å². The number of ether oxygens (including phenoxy) is 1. The van der Waals surface area contributed by atoms with Gasteiger partial charge in [-0.2, -0.15) is 0 Å². The lowest BCUT2D eigenvalue weighted by Crippen LogP contribution is -2.22. The van der Waals surface area contributed by atoms with Crippen molar-refractivity contribution in [1.29, 1.82) is 0 Å². The largest absolute Gasteiger partial charge is 0.508 e. The van der Waals surface area contributed by atoms with E-state index < -0.39 is 6.10 Å². The summed E-state index contributed by atoms with van der Waals surface area (Å²) in [4.78, 5) is 12.9. The molecule has 0 unspecified atom stereocenters.